The Bertz CT molecular complexity index is 943. The van der Waals surface area contributed by atoms with Gasteiger partial charge in [0.15, 0.2) is 11.5 Å². The van der Waals surface area contributed by atoms with Gasteiger partial charge in [-0.3, -0.25) is 4.79 Å². The fourth-order valence-electron chi connectivity index (χ4n) is 3.27. The number of hydrogen-bond donors (Lipinski definition) is 0. The Hall–Kier alpha value is -3.08. The fraction of sp³-hybridized carbons (Fsp3) is 0.238. The smallest absolute Gasteiger partial charge is 0.277 e. The molecule has 1 aliphatic rings. The van der Waals surface area contributed by atoms with Crippen molar-refractivity contribution in [3.63, 3.8) is 0 Å². The number of hydrogen-bond acceptors (Lipinski definition) is 4. The number of amides is 1. The molecule has 0 saturated heterocycles. The third-order valence-corrected chi connectivity index (χ3v) is 4.83. The summed E-state index contributed by atoms with van der Waals surface area (Å²) >= 11 is 0. The number of aromatic nitrogens is 1. The van der Waals surface area contributed by atoms with Crippen molar-refractivity contribution in [2.75, 3.05) is 7.11 Å². The van der Waals surface area contributed by atoms with Crippen molar-refractivity contribution in [3.05, 3.63) is 71.6 Å². The molecule has 0 radical (unpaired) electrons. The molecule has 1 amide bonds. The molecule has 0 aliphatic carbocycles. The van der Waals surface area contributed by atoms with Gasteiger partial charge in [-0.05, 0) is 43.7 Å². The molecule has 1 aromatic heterocycles. The second-order valence-electron chi connectivity index (χ2n) is 6.86. The van der Waals surface area contributed by atoms with Crippen molar-refractivity contribution in [2.45, 2.75) is 25.9 Å². The van der Waals surface area contributed by atoms with Crippen molar-refractivity contribution in [1.82, 2.24) is 9.88 Å². The highest BCUT2D eigenvalue weighted by Crippen LogP contribution is 2.41. The van der Waals surface area contributed by atoms with Gasteiger partial charge in [0.05, 0.1) is 12.6 Å². The Morgan fingerprint density at radius 1 is 1.08 bits per heavy atom. The van der Waals surface area contributed by atoms with Crippen LogP contribution in [0.4, 0.5) is 0 Å². The highest BCUT2D eigenvalue weighted by Gasteiger charge is 2.48. The average Bonchev–Trinajstić information content (AvgIpc) is 3.18. The summed E-state index contributed by atoms with van der Waals surface area (Å²) in [5, 5.41) is 0. The molecule has 0 fully saturated rings. The highest BCUT2D eigenvalue weighted by molar-refractivity contribution is 5.97. The van der Waals surface area contributed by atoms with Crippen LogP contribution in [0.1, 0.15) is 35.7 Å². The number of carbonyl (C=O) groups excluding carboxylic acids is 1. The van der Waals surface area contributed by atoms with Gasteiger partial charge in [-0.2, -0.15) is 0 Å². The van der Waals surface area contributed by atoms with E-state index in [0.717, 1.165) is 16.9 Å². The molecule has 2 aromatic carbocycles. The molecule has 132 valence electrons. The molecule has 3 aromatic rings. The van der Waals surface area contributed by atoms with Gasteiger partial charge in [0.2, 0.25) is 5.89 Å². The first kappa shape index (κ1) is 16.4. The van der Waals surface area contributed by atoms with E-state index in [1.165, 1.54) is 0 Å². The van der Waals surface area contributed by atoms with Crippen LogP contribution in [0.15, 0.2) is 59.0 Å². The molecular weight excluding hydrogens is 328 g/mol. The summed E-state index contributed by atoms with van der Waals surface area (Å²) in [5.74, 6) is 1.80. The van der Waals surface area contributed by atoms with Gasteiger partial charge < -0.3 is 14.1 Å². The minimum Gasteiger partial charge on any atom is -0.497 e. The first-order valence-corrected chi connectivity index (χ1v) is 8.52. The molecule has 5 nitrogen and oxygen atoms in total. The van der Waals surface area contributed by atoms with Crippen molar-refractivity contribution in [3.8, 4) is 17.2 Å². The van der Waals surface area contributed by atoms with Crippen LogP contribution in [0.3, 0.4) is 0 Å². The van der Waals surface area contributed by atoms with Gasteiger partial charge in [-0.25, -0.2) is 4.98 Å². The summed E-state index contributed by atoms with van der Waals surface area (Å²) in [7, 11) is 1.64. The second kappa shape index (κ2) is 6.02. The van der Waals surface area contributed by atoms with E-state index in [0.29, 0.717) is 23.9 Å². The fourth-order valence-corrected chi connectivity index (χ4v) is 3.27. The zero-order valence-corrected chi connectivity index (χ0v) is 15.0. The summed E-state index contributed by atoms with van der Waals surface area (Å²) in [6.45, 7) is 4.46. The number of nitrogens with zero attached hydrogens (tertiary/aromatic N) is 2. The van der Waals surface area contributed by atoms with Crippen LogP contribution in [0.5, 0.6) is 5.75 Å². The molecular formula is C21H20N2O3. The summed E-state index contributed by atoms with van der Waals surface area (Å²) in [6.07, 6.45) is 0. The maximum absolute atomic E-state index is 13.0. The second-order valence-corrected chi connectivity index (χ2v) is 6.86. The molecule has 0 saturated carbocycles. The summed E-state index contributed by atoms with van der Waals surface area (Å²) in [6, 6.07) is 17.4. The largest absolute Gasteiger partial charge is 0.497 e. The number of rotatable bonds is 4. The first-order chi connectivity index (χ1) is 12.5. The molecule has 1 aliphatic heterocycles. The summed E-state index contributed by atoms with van der Waals surface area (Å²) in [4.78, 5) is 19.2. The standard InChI is InChI=1S/C21H20N2O3/c1-21(2)18-17(22-19(26-18)15-7-5-4-6-8-15)20(24)23(21)13-14-9-11-16(25-3)12-10-14/h4-12H,13H2,1-3H3. The zero-order chi connectivity index (χ0) is 18.3. The van der Waals surface area contributed by atoms with Crippen molar-refractivity contribution >= 4 is 5.91 Å². The lowest BCUT2D eigenvalue weighted by atomic mass is 10.0. The predicted octanol–water partition coefficient (Wildman–Crippen LogP) is 4.24. The van der Waals surface area contributed by atoms with Crippen molar-refractivity contribution in [2.24, 2.45) is 0 Å². The van der Waals surface area contributed by atoms with Gasteiger partial charge in [0, 0.05) is 12.1 Å². The van der Waals surface area contributed by atoms with E-state index >= 15 is 0 Å². The normalized spacial score (nSPS) is 15.2. The Morgan fingerprint density at radius 3 is 2.38 bits per heavy atom. The summed E-state index contributed by atoms with van der Waals surface area (Å²) in [5.41, 5.74) is 1.74. The maximum atomic E-state index is 13.0. The SMILES string of the molecule is COc1ccc(CN2C(=O)c3nc(-c4ccccc4)oc3C2(C)C)cc1. The Balaban J connectivity index is 1.64. The molecule has 4 rings (SSSR count). The third-order valence-electron chi connectivity index (χ3n) is 4.83. The average molecular weight is 348 g/mol. The quantitative estimate of drug-likeness (QED) is 0.707. The third kappa shape index (κ3) is 2.56. The Kier molecular flexibility index (Phi) is 3.80. The zero-order valence-electron chi connectivity index (χ0n) is 15.0. The van der Waals surface area contributed by atoms with Gasteiger partial charge >= 0.3 is 0 Å². The van der Waals surface area contributed by atoms with Gasteiger partial charge in [0.25, 0.3) is 5.91 Å². The number of ether oxygens (including phenoxy) is 1. The Labute approximate surface area is 152 Å². The van der Waals surface area contributed by atoms with Gasteiger partial charge in [-0.15, -0.1) is 0 Å². The molecule has 2 heterocycles. The van der Waals surface area contributed by atoms with E-state index in [-0.39, 0.29) is 5.91 Å². The molecule has 5 heteroatoms. The molecule has 26 heavy (non-hydrogen) atoms. The van der Waals surface area contributed by atoms with Gasteiger partial charge in [0.1, 0.15) is 5.75 Å². The van der Waals surface area contributed by atoms with Crippen LogP contribution < -0.4 is 4.74 Å². The Morgan fingerprint density at radius 2 is 1.77 bits per heavy atom. The van der Waals surface area contributed by atoms with Crippen LogP contribution >= 0.6 is 0 Å². The minimum atomic E-state index is -0.563. The van der Waals surface area contributed by atoms with Crippen molar-refractivity contribution < 1.29 is 13.9 Å². The molecule has 0 N–H and O–H groups in total. The van der Waals surface area contributed by atoms with Crippen LogP contribution in [-0.4, -0.2) is 22.9 Å². The highest BCUT2D eigenvalue weighted by atomic mass is 16.5. The number of oxazole rings is 1. The number of carbonyl (C=O) groups is 1. The number of methoxy groups -OCH3 is 1. The van der Waals surface area contributed by atoms with E-state index in [2.05, 4.69) is 4.98 Å². The van der Waals surface area contributed by atoms with Crippen LogP contribution in [0, 0.1) is 0 Å². The van der Waals surface area contributed by atoms with E-state index in [1.54, 1.807) is 12.0 Å². The van der Waals surface area contributed by atoms with Crippen LogP contribution in [0.2, 0.25) is 0 Å². The van der Waals surface area contributed by atoms with Crippen molar-refractivity contribution in [1.29, 1.82) is 0 Å². The number of fused-ring (bicyclic) bond motifs is 1. The molecule has 0 atom stereocenters. The lowest BCUT2D eigenvalue weighted by Gasteiger charge is -2.31. The minimum absolute atomic E-state index is 0.105. The van der Waals surface area contributed by atoms with Gasteiger partial charge in [-0.1, -0.05) is 30.3 Å². The topological polar surface area (TPSA) is 55.6 Å². The summed E-state index contributed by atoms with van der Waals surface area (Å²) < 4.78 is 11.2. The van der Waals surface area contributed by atoms with E-state index in [9.17, 15) is 4.79 Å². The van der Waals surface area contributed by atoms with E-state index < -0.39 is 5.54 Å². The van der Waals surface area contributed by atoms with Crippen LogP contribution in [-0.2, 0) is 12.1 Å². The van der Waals surface area contributed by atoms with E-state index in [4.69, 9.17) is 9.15 Å². The lowest BCUT2D eigenvalue weighted by Crippen LogP contribution is -2.38. The van der Waals surface area contributed by atoms with E-state index in [1.807, 2.05) is 68.4 Å². The lowest BCUT2D eigenvalue weighted by molar-refractivity contribution is 0.0558. The molecule has 0 spiro atoms. The first-order valence-electron chi connectivity index (χ1n) is 8.52. The molecule has 0 unspecified atom stereocenters. The molecule has 0 bridgehead atoms. The maximum Gasteiger partial charge on any atom is 0.277 e. The van der Waals surface area contributed by atoms with Crippen LogP contribution in [0.25, 0.3) is 11.5 Å². The predicted molar refractivity (Wildman–Crippen MR) is 97.8 cm³/mol. The monoisotopic (exact) mass is 348 g/mol. The number of benzene rings is 2.